The quantitative estimate of drug-likeness (QED) is 0.653. The van der Waals surface area contributed by atoms with Crippen molar-refractivity contribution >= 4 is 34.8 Å². The first-order valence-corrected chi connectivity index (χ1v) is 7.88. The fourth-order valence-electron chi connectivity index (χ4n) is 1.80. The van der Waals surface area contributed by atoms with Gasteiger partial charge in [0.1, 0.15) is 10.8 Å². The van der Waals surface area contributed by atoms with Gasteiger partial charge in [-0.05, 0) is 35.9 Å². The van der Waals surface area contributed by atoms with Gasteiger partial charge in [0.15, 0.2) is 5.78 Å². The van der Waals surface area contributed by atoms with Gasteiger partial charge in [-0.3, -0.25) is 4.79 Å². The topological polar surface area (TPSA) is 43.1 Å². The Bertz CT molecular complexity index is 656. The number of benzene rings is 2. The molecular formula is C16H14FNOS2. The number of carbonyl (C=O) groups is 1. The van der Waals surface area contributed by atoms with Gasteiger partial charge in [0.2, 0.25) is 0 Å². The Hall–Kier alpha value is -1.72. The van der Waals surface area contributed by atoms with E-state index in [2.05, 4.69) is 0 Å². The largest absolute Gasteiger partial charge is 0.389 e. The van der Waals surface area contributed by atoms with Crippen LogP contribution in [0.15, 0.2) is 48.5 Å². The highest BCUT2D eigenvalue weighted by molar-refractivity contribution is 7.99. The molecule has 0 spiro atoms. The number of thioether (sulfide) groups is 1. The standard InChI is InChI=1S/C16H14FNOS2/c17-14-6-4-12(5-7-14)15(19)10-21-9-11-2-1-3-13(8-11)16(18)20/h1-8H,9-10H2,(H2,18,20). The molecule has 0 saturated heterocycles. The Morgan fingerprint density at radius 1 is 1.14 bits per heavy atom. The van der Waals surface area contributed by atoms with Crippen LogP contribution in [0.2, 0.25) is 0 Å². The van der Waals surface area contributed by atoms with Crippen molar-refractivity contribution in [1.29, 1.82) is 0 Å². The van der Waals surface area contributed by atoms with Crippen LogP contribution < -0.4 is 5.73 Å². The second kappa shape index (κ2) is 7.33. The molecule has 21 heavy (non-hydrogen) atoms. The summed E-state index contributed by atoms with van der Waals surface area (Å²) < 4.78 is 12.8. The summed E-state index contributed by atoms with van der Waals surface area (Å²) >= 11 is 6.44. The third kappa shape index (κ3) is 4.65. The number of halogens is 1. The minimum absolute atomic E-state index is 0.00880. The normalized spacial score (nSPS) is 10.3. The summed E-state index contributed by atoms with van der Waals surface area (Å²) in [4.78, 5) is 12.3. The van der Waals surface area contributed by atoms with Gasteiger partial charge in [-0.1, -0.05) is 30.4 Å². The van der Waals surface area contributed by atoms with E-state index in [1.165, 1.54) is 36.0 Å². The average Bonchev–Trinajstić information content (AvgIpc) is 2.48. The lowest BCUT2D eigenvalue weighted by Gasteiger charge is -2.04. The van der Waals surface area contributed by atoms with Crippen molar-refractivity contribution in [3.8, 4) is 0 Å². The van der Waals surface area contributed by atoms with Gasteiger partial charge in [-0.25, -0.2) is 4.39 Å². The summed E-state index contributed by atoms with van der Waals surface area (Å²) in [6, 6.07) is 13.3. The highest BCUT2D eigenvalue weighted by Crippen LogP contribution is 2.16. The minimum atomic E-state index is -0.339. The molecule has 0 saturated carbocycles. The van der Waals surface area contributed by atoms with Crippen molar-refractivity contribution in [2.75, 3.05) is 5.75 Å². The molecule has 2 aromatic rings. The van der Waals surface area contributed by atoms with Gasteiger partial charge >= 0.3 is 0 Å². The van der Waals surface area contributed by atoms with Crippen molar-refractivity contribution in [2.45, 2.75) is 5.75 Å². The van der Waals surface area contributed by atoms with Gasteiger partial charge in [-0.2, -0.15) is 0 Å². The molecule has 0 fully saturated rings. The second-order valence-corrected chi connectivity index (χ2v) is 5.91. The Kier molecular flexibility index (Phi) is 5.47. The number of rotatable bonds is 6. The zero-order valence-corrected chi connectivity index (χ0v) is 12.8. The first-order chi connectivity index (χ1) is 10.1. The molecule has 108 valence electrons. The summed E-state index contributed by atoms with van der Waals surface area (Å²) in [7, 11) is 0. The van der Waals surface area contributed by atoms with Crippen LogP contribution in [0.25, 0.3) is 0 Å². The lowest BCUT2D eigenvalue weighted by Crippen LogP contribution is -2.09. The highest BCUT2D eigenvalue weighted by atomic mass is 32.2. The zero-order valence-electron chi connectivity index (χ0n) is 11.2. The van der Waals surface area contributed by atoms with Crippen LogP contribution in [-0.2, 0) is 5.75 Å². The van der Waals surface area contributed by atoms with Crippen LogP contribution in [0.1, 0.15) is 21.5 Å². The number of hydrogen-bond acceptors (Lipinski definition) is 3. The maximum absolute atomic E-state index is 12.8. The molecular weight excluding hydrogens is 305 g/mol. The molecule has 5 heteroatoms. The van der Waals surface area contributed by atoms with Crippen molar-refractivity contribution < 1.29 is 9.18 Å². The van der Waals surface area contributed by atoms with Crippen LogP contribution in [0.5, 0.6) is 0 Å². The molecule has 0 atom stereocenters. The molecule has 0 aliphatic heterocycles. The molecule has 0 aliphatic carbocycles. The third-order valence-electron chi connectivity index (χ3n) is 2.88. The first-order valence-electron chi connectivity index (χ1n) is 6.31. The van der Waals surface area contributed by atoms with E-state index in [9.17, 15) is 9.18 Å². The van der Waals surface area contributed by atoms with Crippen molar-refractivity contribution in [3.05, 3.63) is 71.0 Å². The predicted octanol–water partition coefficient (Wildman–Crippen LogP) is 3.58. The van der Waals surface area contributed by atoms with Crippen LogP contribution in [0, 0.1) is 5.82 Å². The number of nitrogens with two attached hydrogens (primary N) is 1. The monoisotopic (exact) mass is 319 g/mol. The first kappa shape index (κ1) is 15.7. The Balaban J connectivity index is 1.89. The fraction of sp³-hybridized carbons (Fsp3) is 0.125. The Morgan fingerprint density at radius 3 is 2.52 bits per heavy atom. The summed E-state index contributed by atoms with van der Waals surface area (Å²) in [6.07, 6.45) is 0. The predicted molar refractivity (Wildman–Crippen MR) is 89.2 cm³/mol. The molecule has 0 amide bonds. The van der Waals surface area contributed by atoms with Crippen molar-refractivity contribution in [1.82, 2.24) is 0 Å². The summed E-state index contributed by atoms with van der Waals surface area (Å²) in [5.41, 5.74) is 8.01. The average molecular weight is 319 g/mol. The van der Waals surface area contributed by atoms with Gasteiger partial charge < -0.3 is 5.73 Å². The molecule has 0 aromatic heterocycles. The van der Waals surface area contributed by atoms with E-state index in [1.807, 2.05) is 24.3 Å². The van der Waals surface area contributed by atoms with Crippen molar-refractivity contribution in [2.24, 2.45) is 5.73 Å². The summed E-state index contributed by atoms with van der Waals surface area (Å²) in [5.74, 6) is 0.700. The highest BCUT2D eigenvalue weighted by Gasteiger charge is 2.06. The molecule has 0 radical (unpaired) electrons. The maximum atomic E-state index is 12.8. The van der Waals surface area contributed by atoms with E-state index >= 15 is 0 Å². The van der Waals surface area contributed by atoms with E-state index in [4.69, 9.17) is 18.0 Å². The van der Waals surface area contributed by atoms with Crippen LogP contribution >= 0.6 is 24.0 Å². The Morgan fingerprint density at radius 2 is 1.86 bits per heavy atom. The summed E-state index contributed by atoms with van der Waals surface area (Å²) in [6.45, 7) is 0. The Labute approximate surface area is 132 Å². The number of thiocarbonyl (C=S) groups is 1. The summed E-state index contributed by atoms with van der Waals surface area (Å²) in [5, 5.41) is 0. The second-order valence-electron chi connectivity index (χ2n) is 4.49. The number of ketones is 1. The van der Waals surface area contributed by atoms with E-state index in [-0.39, 0.29) is 11.6 Å². The van der Waals surface area contributed by atoms with Crippen LogP contribution in [0.4, 0.5) is 4.39 Å². The van der Waals surface area contributed by atoms with Crippen molar-refractivity contribution in [3.63, 3.8) is 0 Å². The van der Waals surface area contributed by atoms with Crippen LogP contribution in [0.3, 0.4) is 0 Å². The van der Waals surface area contributed by atoms with E-state index in [0.717, 1.165) is 11.1 Å². The van der Waals surface area contributed by atoms with Gasteiger partial charge in [0, 0.05) is 16.9 Å². The van der Waals surface area contributed by atoms with E-state index in [0.29, 0.717) is 22.1 Å². The number of carbonyl (C=O) groups excluding carboxylic acids is 1. The number of hydrogen-bond donors (Lipinski definition) is 1. The van der Waals surface area contributed by atoms with Crippen LogP contribution in [-0.4, -0.2) is 16.5 Å². The van der Waals surface area contributed by atoms with E-state index < -0.39 is 0 Å². The molecule has 0 aliphatic rings. The minimum Gasteiger partial charge on any atom is -0.389 e. The SMILES string of the molecule is NC(=S)c1cccc(CSCC(=O)c2ccc(F)cc2)c1. The molecule has 0 unspecified atom stereocenters. The molecule has 2 rings (SSSR count). The molecule has 2 nitrogen and oxygen atoms in total. The smallest absolute Gasteiger partial charge is 0.172 e. The van der Waals surface area contributed by atoms with Gasteiger partial charge in [0.25, 0.3) is 0 Å². The van der Waals surface area contributed by atoms with Gasteiger partial charge in [-0.15, -0.1) is 11.8 Å². The molecule has 2 aromatic carbocycles. The molecule has 0 bridgehead atoms. The number of Topliss-reactive ketones (excluding diaryl/α,β-unsaturated/α-hetero) is 1. The van der Waals surface area contributed by atoms with E-state index in [1.54, 1.807) is 0 Å². The third-order valence-corrected chi connectivity index (χ3v) is 4.12. The van der Waals surface area contributed by atoms with Gasteiger partial charge in [0.05, 0.1) is 5.75 Å². The lowest BCUT2D eigenvalue weighted by atomic mass is 10.1. The molecule has 0 heterocycles. The lowest BCUT2D eigenvalue weighted by molar-refractivity contribution is 0.102. The zero-order chi connectivity index (χ0) is 15.2. The fourth-order valence-corrected chi connectivity index (χ4v) is 2.79. The maximum Gasteiger partial charge on any atom is 0.172 e. The molecule has 2 N–H and O–H groups in total.